The molecule has 0 spiro atoms. The summed E-state index contributed by atoms with van der Waals surface area (Å²) >= 11 is 0.253. The lowest BCUT2D eigenvalue weighted by Crippen LogP contribution is -2.47. The first-order valence-electron chi connectivity index (χ1n) is 10.7. The molecule has 2 aromatic heterocycles. The van der Waals surface area contributed by atoms with Crippen molar-refractivity contribution < 1.29 is 3.89 Å². The van der Waals surface area contributed by atoms with Crippen molar-refractivity contribution in [3.63, 3.8) is 0 Å². The Balaban J connectivity index is 1.37. The van der Waals surface area contributed by atoms with Gasteiger partial charge in [0.15, 0.2) is 5.82 Å². The molecule has 3 heterocycles. The minimum absolute atomic E-state index is 0.253. The van der Waals surface area contributed by atoms with Crippen molar-refractivity contribution in [3.8, 4) is 6.07 Å². The predicted octanol–water partition coefficient (Wildman–Crippen LogP) is 4.79. The van der Waals surface area contributed by atoms with Crippen LogP contribution in [0.2, 0.25) is 0 Å². The third kappa shape index (κ3) is 4.45. The van der Waals surface area contributed by atoms with Crippen molar-refractivity contribution in [2.24, 2.45) is 0 Å². The normalized spacial score (nSPS) is 13.8. The van der Waals surface area contributed by atoms with Crippen molar-refractivity contribution in [3.05, 3.63) is 83.7 Å². The van der Waals surface area contributed by atoms with Crippen molar-refractivity contribution in [2.45, 2.75) is 11.3 Å². The topological polar surface area (TPSA) is 68.9 Å². The molecule has 1 fully saturated rings. The van der Waals surface area contributed by atoms with Crippen LogP contribution in [0.1, 0.15) is 16.8 Å². The van der Waals surface area contributed by atoms with E-state index in [2.05, 4.69) is 43.2 Å². The van der Waals surface area contributed by atoms with Crippen LogP contribution < -0.4 is 9.80 Å². The molecule has 0 radical (unpaired) electrons. The number of fused-ring (bicyclic) bond motifs is 1. The highest BCUT2D eigenvalue weighted by Gasteiger charge is 2.22. The Morgan fingerprint density at radius 3 is 2.42 bits per heavy atom. The van der Waals surface area contributed by atoms with E-state index in [-0.39, 0.29) is 12.1 Å². The molecule has 1 aliphatic rings. The van der Waals surface area contributed by atoms with Crippen molar-refractivity contribution in [1.82, 2.24) is 15.2 Å². The van der Waals surface area contributed by atoms with E-state index in [1.807, 2.05) is 36.4 Å². The second kappa shape index (κ2) is 9.43. The SMILES string of the molecule is N#Cc1ccc(N2CCN(c3nnc(Cc4cccc(SF)c4)c4ccccc34)CC2)nc1. The molecule has 6 nitrogen and oxygen atoms in total. The maximum Gasteiger partial charge on any atom is 0.159 e. The standard InChI is InChI=1S/C25H21FN6S/c26-33-20-5-3-4-18(14-20)15-23-21-6-1-2-7-22(21)25(30-29-23)32-12-10-31(11-13-32)24-9-8-19(16-27)17-28-24/h1-9,14,17H,10-13,15H2. The quantitative estimate of drug-likeness (QED) is 0.428. The predicted molar refractivity (Wildman–Crippen MR) is 129 cm³/mol. The molecular weight excluding hydrogens is 435 g/mol. The molecule has 5 rings (SSSR count). The van der Waals surface area contributed by atoms with Gasteiger partial charge in [-0.2, -0.15) is 14.2 Å². The number of piperazine rings is 1. The van der Waals surface area contributed by atoms with Crippen LogP contribution in [-0.2, 0) is 6.42 Å². The second-order valence-electron chi connectivity index (χ2n) is 7.91. The van der Waals surface area contributed by atoms with E-state index in [0.717, 1.165) is 59.8 Å². The Morgan fingerprint density at radius 1 is 0.909 bits per heavy atom. The van der Waals surface area contributed by atoms with E-state index >= 15 is 0 Å². The summed E-state index contributed by atoms with van der Waals surface area (Å²) in [6, 6.07) is 21.5. The lowest BCUT2D eigenvalue weighted by atomic mass is 10.0. The molecule has 33 heavy (non-hydrogen) atoms. The lowest BCUT2D eigenvalue weighted by Gasteiger charge is -2.36. The number of hydrogen-bond donors (Lipinski definition) is 0. The fourth-order valence-corrected chi connectivity index (χ4v) is 4.52. The summed E-state index contributed by atoms with van der Waals surface area (Å²) in [4.78, 5) is 9.49. The number of rotatable bonds is 5. The van der Waals surface area contributed by atoms with Crippen molar-refractivity contribution >= 4 is 34.6 Å². The first-order chi connectivity index (χ1) is 16.2. The number of aromatic nitrogens is 3. The van der Waals surface area contributed by atoms with Gasteiger partial charge in [-0.05, 0) is 29.8 Å². The third-order valence-electron chi connectivity index (χ3n) is 5.88. The highest BCUT2D eigenvalue weighted by molar-refractivity contribution is 7.94. The minimum Gasteiger partial charge on any atom is -0.353 e. The summed E-state index contributed by atoms with van der Waals surface area (Å²) in [5, 5.41) is 20.3. The number of nitrogens with zero attached hydrogens (tertiary/aromatic N) is 6. The molecule has 0 bridgehead atoms. The maximum atomic E-state index is 13.0. The van der Waals surface area contributed by atoms with Crippen LogP contribution >= 0.6 is 12.1 Å². The average Bonchev–Trinajstić information content (AvgIpc) is 2.89. The van der Waals surface area contributed by atoms with Crippen LogP contribution in [0.5, 0.6) is 0 Å². The van der Waals surface area contributed by atoms with Gasteiger partial charge in [0, 0.05) is 54.5 Å². The zero-order valence-corrected chi connectivity index (χ0v) is 18.7. The van der Waals surface area contributed by atoms with E-state index in [9.17, 15) is 3.89 Å². The maximum absolute atomic E-state index is 13.0. The lowest BCUT2D eigenvalue weighted by molar-refractivity contribution is 0.639. The molecule has 0 saturated carbocycles. The first-order valence-corrected chi connectivity index (χ1v) is 11.4. The van der Waals surface area contributed by atoms with Gasteiger partial charge in [-0.3, -0.25) is 0 Å². The van der Waals surface area contributed by atoms with E-state index in [1.54, 1.807) is 18.3 Å². The Bertz CT molecular complexity index is 1310. The largest absolute Gasteiger partial charge is 0.353 e. The van der Waals surface area contributed by atoms with Gasteiger partial charge in [-0.1, -0.05) is 36.4 Å². The fourth-order valence-electron chi connectivity index (χ4n) is 4.19. The molecule has 0 atom stereocenters. The van der Waals surface area contributed by atoms with Crippen LogP contribution in [0.3, 0.4) is 0 Å². The fraction of sp³-hybridized carbons (Fsp3) is 0.200. The van der Waals surface area contributed by atoms with Crippen LogP contribution in [0.4, 0.5) is 15.5 Å². The summed E-state index contributed by atoms with van der Waals surface area (Å²) in [6.07, 6.45) is 2.21. The van der Waals surface area contributed by atoms with Crippen LogP contribution in [0.15, 0.2) is 71.8 Å². The molecular formula is C25H21FN6S. The van der Waals surface area contributed by atoms with Crippen LogP contribution in [0.25, 0.3) is 10.8 Å². The first kappa shape index (κ1) is 21.2. The highest BCUT2D eigenvalue weighted by Crippen LogP contribution is 2.29. The number of pyridine rings is 1. The molecule has 0 amide bonds. The Morgan fingerprint density at radius 2 is 1.70 bits per heavy atom. The van der Waals surface area contributed by atoms with E-state index in [4.69, 9.17) is 5.26 Å². The van der Waals surface area contributed by atoms with Gasteiger partial charge in [0.05, 0.1) is 23.4 Å². The minimum atomic E-state index is 0.253. The third-order valence-corrected chi connectivity index (χ3v) is 6.32. The number of nitriles is 1. The van der Waals surface area contributed by atoms with E-state index < -0.39 is 0 Å². The molecule has 0 N–H and O–H groups in total. The van der Waals surface area contributed by atoms with Gasteiger partial charge in [0.25, 0.3) is 0 Å². The number of halogens is 1. The van der Waals surface area contributed by atoms with Crippen molar-refractivity contribution in [2.75, 3.05) is 36.0 Å². The molecule has 164 valence electrons. The summed E-state index contributed by atoms with van der Waals surface area (Å²) < 4.78 is 13.0. The zero-order chi connectivity index (χ0) is 22.6. The molecule has 8 heteroatoms. The Hall–Kier alpha value is -3.70. The average molecular weight is 457 g/mol. The van der Waals surface area contributed by atoms with Crippen molar-refractivity contribution in [1.29, 1.82) is 5.26 Å². The summed E-state index contributed by atoms with van der Waals surface area (Å²) in [5.74, 6) is 1.77. The smallest absolute Gasteiger partial charge is 0.159 e. The number of anilines is 2. The van der Waals surface area contributed by atoms with Gasteiger partial charge in [0.2, 0.25) is 0 Å². The van der Waals surface area contributed by atoms with E-state index in [1.165, 1.54) is 0 Å². The van der Waals surface area contributed by atoms with Crippen LogP contribution in [0, 0.1) is 11.3 Å². The van der Waals surface area contributed by atoms with Gasteiger partial charge >= 0.3 is 0 Å². The number of benzene rings is 2. The molecule has 2 aromatic carbocycles. The molecule has 4 aromatic rings. The zero-order valence-electron chi connectivity index (χ0n) is 17.9. The summed E-state index contributed by atoms with van der Waals surface area (Å²) in [7, 11) is 0. The monoisotopic (exact) mass is 456 g/mol. The Kier molecular flexibility index (Phi) is 6.05. The molecule has 0 aliphatic carbocycles. The van der Waals surface area contributed by atoms with Gasteiger partial charge < -0.3 is 9.80 Å². The van der Waals surface area contributed by atoms with Gasteiger partial charge in [-0.15, -0.1) is 5.10 Å². The Labute approximate surface area is 196 Å². The van der Waals surface area contributed by atoms with E-state index in [0.29, 0.717) is 16.9 Å². The molecule has 0 unspecified atom stereocenters. The number of hydrogen-bond acceptors (Lipinski definition) is 7. The molecule has 1 aliphatic heterocycles. The highest BCUT2D eigenvalue weighted by atomic mass is 32.2. The summed E-state index contributed by atoms with van der Waals surface area (Å²) in [5.41, 5.74) is 2.46. The van der Waals surface area contributed by atoms with Crippen LogP contribution in [-0.4, -0.2) is 41.4 Å². The van der Waals surface area contributed by atoms with Gasteiger partial charge in [0.1, 0.15) is 11.9 Å². The molecule has 1 saturated heterocycles. The second-order valence-corrected chi connectivity index (χ2v) is 8.53. The summed E-state index contributed by atoms with van der Waals surface area (Å²) in [6.45, 7) is 3.22. The van der Waals surface area contributed by atoms with Gasteiger partial charge in [-0.25, -0.2) is 4.98 Å².